The second kappa shape index (κ2) is 4.72. The van der Waals surface area contributed by atoms with Crippen molar-refractivity contribution in [1.82, 2.24) is 19.2 Å². The van der Waals surface area contributed by atoms with Crippen LogP contribution in [0.5, 0.6) is 0 Å². The summed E-state index contributed by atoms with van der Waals surface area (Å²) in [6.45, 7) is 0. The van der Waals surface area contributed by atoms with Crippen LogP contribution in [0.15, 0.2) is 24.5 Å². The maximum absolute atomic E-state index is 12.0. The highest BCUT2D eigenvalue weighted by Gasteiger charge is 2.16. The maximum Gasteiger partial charge on any atom is 0.271 e. The molecule has 0 spiro atoms. The molecule has 6 nitrogen and oxygen atoms in total. The van der Waals surface area contributed by atoms with Crippen molar-refractivity contribution in [2.45, 2.75) is 0 Å². The van der Waals surface area contributed by atoms with Crippen LogP contribution in [0.3, 0.4) is 0 Å². The van der Waals surface area contributed by atoms with Crippen LogP contribution < -0.4 is 0 Å². The van der Waals surface area contributed by atoms with Crippen molar-refractivity contribution in [2.75, 3.05) is 28.2 Å². The molecule has 2 heterocycles. The summed E-state index contributed by atoms with van der Waals surface area (Å²) in [6.07, 6.45) is 3.16. The standard InChI is InChI=1S/C13H16N4O2/c1-15(2)12(18)9-5-6-11-14-7-10(17(11)8-9)13(19)16(3)4/h5-8H,1-4H3. The molecule has 2 aromatic rings. The summed E-state index contributed by atoms with van der Waals surface area (Å²) >= 11 is 0. The van der Waals surface area contributed by atoms with E-state index in [0.29, 0.717) is 16.9 Å². The summed E-state index contributed by atoms with van der Waals surface area (Å²) in [4.78, 5) is 31.1. The van der Waals surface area contributed by atoms with E-state index in [9.17, 15) is 9.59 Å². The number of aromatic nitrogens is 2. The van der Waals surface area contributed by atoms with Gasteiger partial charge in [-0.25, -0.2) is 4.98 Å². The smallest absolute Gasteiger partial charge is 0.271 e. The van der Waals surface area contributed by atoms with Gasteiger partial charge >= 0.3 is 0 Å². The normalized spacial score (nSPS) is 10.5. The predicted molar refractivity (Wildman–Crippen MR) is 71.2 cm³/mol. The van der Waals surface area contributed by atoms with Gasteiger partial charge < -0.3 is 9.80 Å². The number of fused-ring (bicyclic) bond motifs is 1. The minimum absolute atomic E-state index is 0.112. The number of carbonyl (C=O) groups excluding carboxylic acids is 2. The van der Waals surface area contributed by atoms with Gasteiger partial charge in [-0.2, -0.15) is 0 Å². The number of hydrogen-bond acceptors (Lipinski definition) is 3. The largest absolute Gasteiger partial charge is 0.345 e. The average Bonchev–Trinajstić information content (AvgIpc) is 2.79. The summed E-state index contributed by atoms with van der Waals surface area (Å²) < 4.78 is 1.64. The second-order valence-electron chi connectivity index (χ2n) is 4.69. The first-order valence-electron chi connectivity index (χ1n) is 5.82. The third kappa shape index (κ3) is 2.29. The molecule has 2 aromatic heterocycles. The molecule has 0 atom stereocenters. The van der Waals surface area contributed by atoms with Gasteiger partial charge in [0, 0.05) is 34.4 Å². The topological polar surface area (TPSA) is 57.9 Å². The highest BCUT2D eigenvalue weighted by molar-refractivity contribution is 5.95. The van der Waals surface area contributed by atoms with Crippen LogP contribution in [0.2, 0.25) is 0 Å². The summed E-state index contributed by atoms with van der Waals surface area (Å²) in [5.41, 5.74) is 1.59. The third-order valence-corrected chi connectivity index (χ3v) is 2.78. The lowest BCUT2D eigenvalue weighted by Crippen LogP contribution is -2.24. The van der Waals surface area contributed by atoms with Crippen molar-refractivity contribution in [2.24, 2.45) is 0 Å². The van der Waals surface area contributed by atoms with Gasteiger partial charge in [0.1, 0.15) is 11.3 Å². The zero-order valence-electron chi connectivity index (χ0n) is 11.4. The Kier molecular flexibility index (Phi) is 3.25. The first kappa shape index (κ1) is 13.1. The van der Waals surface area contributed by atoms with Crippen molar-refractivity contribution in [1.29, 1.82) is 0 Å². The number of imidazole rings is 1. The van der Waals surface area contributed by atoms with Gasteiger partial charge in [0.2, 0.25) is 0 Å². The number of nitrogens with zero attached hydrogens (tertiary/aromatic N) is 4. The van der Waals surface area contributed by atoms with Gasteiger partial charge in [0.25, 0.3) is 11.8 Å². The average molecular weight is 260 g/mol. The third-order valence-electron chi connectivity index (χ3n) is 2.78. The molecule has 0 aromatic carbocycles. The molecule has 0 unspecified atom stereocenters. The van der Waals surface area contributed by atoms with Crippen LogP contribution in [0, 0.1) is 0 Å². The van der Waals surface area contributed by atoms with Gasteiger partial charge in [0.05, 0.1) is 11.8 Å². The van der Waals surface area contributed by atoms with Crippen molar-refractivity contribution in [3.8, 4) is 0 Å². The maximum atomic E-state index is 12.0. The van der Waals surface area contributed by atoms with E-state index in [1.165, 1.54) is 16.0 Å². The molecule has 0 radical (unpaired) electrons. The van der Waals surface area contributed by atoms with Crippen LogP contribution in [0.1, 0.15) is 20.8 Å². The monoisotopic (exact) mass is 260 g/mol. The fraction of sp³-hybridized carbons (Fsp3) is 0.308. The van der Waals surface area contributed by atoms with Gasteiger partial charge in [0.15, 0.2) is 0 Å². The fourth-order valence-corrected chi connectivity index (χ4v) is 1.75. The SMILES string of the molecule is CN(C)C(=O)c1ccc2ncc(C(=O)N(C)C)n2c1. The van der Waals surface area contributed by atoms with Gasteiger partial charge in [-0.3, -0.25) is 14.0 Å². The van der Waals surface area contributed by atoms with Crippen LogP contribution in [-0.4, -0.2) is 59.2 Å². The van der Waals surface area contributed by atoms with Crippen LogP contribution in [-0.2, 0) is 0 Å². The first-order chi connectivity index (χ1) is 8.91. The molecule has 6 heteroatoms. The van der Waals surface area contributed by atoms with E-state index in [-0.39, 0.29) is 11.8 Å². The molecule has 0 aliphatic carbocycles. The highest BCUT2D eigenvalue weighted by atomic mass is 16.2. The summed E-state index contributed by atoms with van der Waals surface area (Å²) in [5, 5.41) is 0. The lowest BCUT2D eigenvalue weighted by molar-refractivity contribution is 0.0812. The number of carbonyl (C=O) groups is 2. The number of pyridine rings is 1. The second-order valence-corrected chi connectivity index (χ2v) is 4.69. The van der Waals surface area contributed by atoms with Crippen LogP contribution in [0.4, 0.5) is 0 Å². The van der Waals surface area contributed by atoms with Crippen molar-refractivity contribution < 1.29 is 9.59 Å². The number of amides is 2. The molecular formula is C13H16N4O2. The Hall–Kier alpha value is -2.37. The summed E-state index contributed by atoms with van der Waals surface area (Å²) in [7, 11) is 6.73. The Labute approximate surface area is 111 Å². The van der Waals surface area contributed by atoms with Gasteiger partial charge in [-0.1, -0.05) is 0 Å². The molecule has 0 saturated carbocycles. The van der Waals surface area contributed by atoms with E-state index in [1.54, 1.807) is 50.9 Å². The molecule has 0 bridgehead atoms. The zero-order valence-corrected chi connectivity index (χ0v) is 11.4. The quantitative estimate of drug-likeness (QED) is 0.800. The summed E-state index contributed by atoms with van der Waals surface area (Å²) in [5.74, 6) is -0.263. The lowest BCUT2D eigenvalue weighted by Gasteiger charge is -2.12. The molecule has 2 rings (SSSR count). The van der Waals surface area contributed by atoms with Crippen molar-refractivity contribution in [3.05, 3.63) is 35.8 Å². The molecule has 19 heavy (non-hydrogen) atoms. The molecular weight excluding hydrogens is 244 g/mol. The van der Waals surface area contributed by atoms with Crippen molar-refractivity contribution in [3.63, 3.8) is 0 Å². The molecule has 100 valence electrons. The Balaban J connectivity index is 2.55. The Morgan fingerprint density at radius 3 is 2.26 bits per heavy atom. The molecule has 0 aliphatic rings. The number of hydrogen-bond donors (Lipinski definition) is 0. The van der Waals surface area contributed by atoms with E-state index in [4.69, 9.17) is 0 Å². The van der Waals surface area contributed by atoms with Crippen LogP contribution >= 0.6 is 0 Å². The van der Waals surface area contributed by atoms with E-state index >= 15 is 0 Å². The molecule has 0 N–H and O–H groups in total. The molecule has 2 amide bonds. The lowest BCUT2D eigenvalue weighted by atomic mass is 10.2. The van der Waals surface area contributed by atoms with Crippen molar-refractivity contribution >= 4 is 17.5 Å². The Morgan fingerprint density at radius 1 is 1.05 bits per heavy atom. The van der Waals surface area contributed by atoms with Gasteiger partial charge in [-0.15, -0.1) is 0 Å². The Bertz CT molecular complexity index is 643. The minimum Gasteiger partial charge on any atom is -0.345 e. The molecule has 0 aliphatic heterocycles. The Morgan fingerprint density at radius 2 is 1.68 bits per heavy atom. The minimum atomic E-state index is -0.151. The zero-order chi connectivity index (χ0) is 14.2. The fourth-order valence-electron chi connectivity index (χ4n) is 1.75. The van der Waals surface area contributed by atoms with Gasteiger partial charge in [-0.05, 0) is 12.1 Å². The molecule has 0 fully saturated rings. The molecule has 0 saturated heterocycles. The highest BCUT2D eigenvalue weighted by Crippen LogP contribution is 2.11. The first-order valence-corrected chi connectivity index (χ1v) is 5.82. The van der Waals surface area contributed by atoms with E-state index in [0.717, 1.165) is 0 Å². The van der Waals surface area contributed by atoms with E-state index in [2.05, 4.69) is 4.98 Å². The summed E-state index contributed by atoms with van der Waals surface area (Å²) in [6, 6.07) is 3.43. The number of rotatable bonds is 2. The van der Waals surface area contributed by atoms with E-state index < -0.39 is 0 Å². The van der Waals surface area contributed by atoms with Crippen LogP contribution in [0.25, 0.3) is 5.65 Å². The predicted octanol–water partition coefficient (Wildman–Crippen LogP) is 0.738. The van der Waals surface area contributed by atoms with E-state index in [1.807, 2.05) is 0 Å².